The van der Waals surface area contributed by atoms with Crippen LogP contribution in [-0.4, -0.2) is 12.7 Å². The molecule has 1 aromatic rings. The molecule has 1 aromatic carbocycles. The molecule has 0 unspecified atom stereocenters. The molecule has 0 spiro atoms. The number of rotatable bonds is 5. The Morgan fingerprint density at radius 1 is 1.25 bits per heavy atom. The quantitative estimate of drug-likeness (QED) is 0.776. The molecule has 1 aliphatic carbocycles. The fraction of sp³-hybridized carbons (Fsp3) is 0.538. The smallest absolute Gasteiger partial charge is 0.119 e. The first-order chi connectivity index (χ1) is 7.66. The lowest BCUT2D eigenvalue weighted by Crippen LogP contribution is -2.18. The first-order valence-corrected chi connectivity index (χ1v) is 5.75. The van der Waals surface area contributed by atoms with Gasteiger partial charge in [0, 0.05) is 5.41 Å². The summed E-state index contributed by atoms with van der Waals surface area (Å²) in [6.45, 7) is 4.66. The molecule has 1 saturated carbocycles. The van der Waals surface area contributed by atoms with Crippen LogP contribution in [0.2, 0.25) is 0 Å². The normalized spacial score (nSPS) is 17.5. The van der Waals surface area contributed by atoms with Crippen LogP contribution in [0.25, 0.3) is 0 Å². The molecule has 16 heavy (non-hydrogen) atoms. The molecule has 0 amide bonds. The van der Waals surface area contributed by atoms with Crippen molar-refractivity contribution in [2.45, 2.75) is 38.2 Å². The molecule has 3 heteroatoms. The summed E-state index contributed by atoms with van der Waals surface area (Å²) < 4.78 is 5.61. The van der Waals surface area contributed by atoms with Crippen molar-refractivity contribution in [1.29, 1.82) is 0 Å². The molecule has 1 aliphatic rings. The Labute approximate surface area is 96.5 Å². The van der Waals surface area contributed by atoms with Crippen LogP contribution in [-0.2, 0) is 10.3 Å². The van der Waals surface area contributed by atoms with Crippen molar-refractivity contribution in [3.8, 4) is 5.75 Å². The van der Waals surface area contributed by atoms with E-state index in [-0.39, 0.29) is 11.5 Å². The standard InChI is InChI=1S/C13H19NO2/c1-10(2)16-12-5-3-11(4-6-12)13(7-8-13)9-15-14/h3-6,10H,7-9,14H2,1-2H3. The molecule has 88 valence electrons. The van der Waals surface area contributed by atoms with E-state index in [9.17, 15) is 0 Å². The lowest BCUT2D eigenvalue weighted by atomic mass is 9.97. The Balaban J connectivity index is 2.07. The van der Waals surface area contributed by atoms with Gasteiger partial charge in [-0.05, 0) is 44.4 Å². The Hall–Kier alpha value is -1.06. The molecular weight excluding hydrogens is 202 g/mol. The Morgan fingerprint density at radius 3 is 2.31 bits per heavy atom. The van der Waals surface area contributed by atoms with E-state index in [1.54, 1.807) is 0 Å². The Kier molecular flexibility index (Phi) is 3.17. The second-order valence-electron chi connectivity index (χ2n) is 4.78. The summed E-state index contributed by atoms with van der Waals surface area (Å²) in [5.74, 6) is 6.08. The van der Waals surface area contributed by atoms with E-state index in [1.165, 1.54) is 5.56 Å². The third-order valence-electron chi connectivity index (χ3n) is 3.05. The molecular formula is C13H19NO2. The van der Waals surface area contributed by atoms with E-state index in [1.807, 2.05) is 26.0 Å². The Morgan fingerprint density at radius 2 is 1.88 bits per heavy atom. The van der Waals surface area contributed by atoms with E-state index in [0.29, 0.717) is 6.61 Å². The third kappa shape index (κ3) is 2.36. The van der Waals surface area contributed by atoms with Gasteiger partial charge in [0.05, 0.1) is 12.7 Å². The zero-order chi connectivity index (χ0) is 11.6. The van der Waals surface area contributed by atoms with Crippen LogP contribution < -0.4 is 10.6 Å². The van der Waals surface area contributed by atoms with Gasteiger partial charge in [-0.25, -0.2) is 5.90 Å². The second kappa shape index (κ2) is 4.44. The van der Waals surface area contributed by atoms with Crippen molar-refractivity contribution >= 4 is 0 Å². The topological polar surface area (TPSA) is 44.5 Å². The first kappa shape index (κ1) is 11.4. The van der Waals surface area contributed by atoms with Crippen LogP contribution in [0, 0.1) is 0 Å². The highest BCUT2D eigenvalue weighted by molar-refractivity contribution is 5.36. The van der Waals surface area contributed by atoms with Crippen LogP contribution in [0.15, 0.2) is 24.3 Å². The number of hydrogen-bond acceptors (Lipinski definition) is 3. The van der Waals surface area contributed by atoms with E-state index in [4.69, 9.17) is 15.5 Å². The molecule has 0 aromatic heterocycles. The van der Waals surface area contributed by atoms with Crippen molar-refractivity contribution in [3.63, 3.8) is 0 Å². The highest BCUT2D eigenvalue weighted by Crippen LogP contribution is 2.48. The van der Waals surface area contributed by atoms with Gasteiger partial charge >= 0.3 is 0 Å². The largest absolute Gasteiger partial charge is 0.491 e. The Bertz CT molecular complexity index is 341. The van der Waals surface area contributed by atoms with Crippen molar-refractivity contribution in [1.82, 2.24) is 0 Å². The van der Waals surface area contributed by atoms with Crippen LogP contribution in [0.1, 0.15) is 32.3 Å². The fourth-order valence-electron chi connectivity index (χ4n) is 1.99. The van der Waals surface area contributed by atoms with Crippen LogP contribution in [0.4, 0.5) is 0 Å². The van der Waals surface area contributed by atoms with Gasteiger partial charge in [-0.15, -0.1) is 0 Å². The summed E-state index contributed by atoms with van der Waals surface area (Å²) in [6.07, 6.45) is 2.54. The van der Waals surface area contributed by atoms with Crippen molar-refractivity contribution < 1.29 is 9.57 Å². The van der Waals surface area contributed by atoms with Crippen molar-refractivity contribution in [2.75, 3.05) is 6.61 Å². The molecule has 2 rings (SSSR count). The predicted octanol–water partition coefficient (Wildman–Crippen LogP) is 2.40. The van der Waals surface area contributed by atoms with Gasteiger partial charge in [0.1, 0.15) is 5.75 Å². The number of nitrogens with two attached hydrogens (primary N) is 1. The molecule has 0 saturated heterocycles. The van der Waals surface area contributed by atoms with Crippen molar-refractivity contribution in [2.24, 2.45) is 5.90 Å². The van der Waals surface area contributed by atoms with E-state index >= 15 is 0 Å². The average molecular weight is 221 g/mol. The van der Waals surface area contributed by atoms with Gasteiger partial charge < -0.3 is 9.57 Å². The minimum absolute atomic E-state index is 0.172. The van der Waals surface area contributed by atoms with Gasteiger partial charge in [-0.1, -0.05) is 12.1 Å². The van der Waals surface area contributed by atoms with Crippen LogP contribution in [0.3, 0.4) is 0 Å². The van der Waals surface area contributed by atoms with Crippen molar-refractivity contribution in [3.05, 3.63) is 29.8 Å². The van der Waals surface area contributed by atoms with E-state index in [2.05, 4.69) is 12.1 Å². The summed E-state index contributed by atoms with van der Waals surface area (Å²) in [5, 5.41) is 0. The summed E-state index contributed by atoms with van der Waals surface area (Å²) in [5.41, 5.74) is 1.47. The van der Waals surface area contributed by atoms with Gasteiger partial charge in [0.25, 0.3) is 0 Å². The third-order valence-corrected chi connectivity index (χ3v) is 3.05. The molecule has 0 atom stereocenters. The maximum atomic E-state index is 5.61. The minimum Gasteiger partial charge on any atom is -0.491 e. The maximum Gasteiger partial charge on any atom is 0.119 e. The van der Waals surface area contributed by atoms with E-state index < -0.39 is 0 Å². The number of hydrogen-bond donors (Lipinski definition) is 1. The average Bonchev–Trinajstić information content (AvgIpc) is 2.99. The molecule has 1 fully saturated rings. The summed E-state index contributed by atoms with van der Waals surface area (Å²) in [7, 11) is 0. The molecule has 0 heterocycles. The second-order valence-corrected chi connectivity index (χ2v) is 4.78. The van der Waals surface area contributed by atoms with Gasteiger partial charge in [-0.2, -0.15) is 0 Å². The molecule has 0 aliphatic heterocycles. The SMILES string of the molecule is CC(C)Oc1ccc(C2(CON)CC2)cc1. The minimum atomic E-state index is 0.172. The molecule has 3 nitrogen and oxygen atoms in total. The highest BCUT2D eigenvalue weighted by Gasteiger charge is 2.44. The van der Waals surface area contributed by atoms with Crippen LogP contribution >= 0.6 is 0 Å². The van der Waals surface area contributed by atoms with Crippen LogP contribution in [0.5, 0.6) is 5.75 Å². The predicted molar refractivity (Wildman–Crippen MR) is 63.3 cm³/mol. The monoisotopic (exact) mass is 221 g/mol. The summed E-state index contributed by atoms with van der Waals surface area (Å²) in [4.78, 5) is 4.79. The maximum absolute atomic E-state index is 5.61. The lowest BCUT2D eigenvalue weighted by Gasteiger charge is -2.15. The van der Waals surface area contributed by atoms with Gasteiger partial charge in [-0.3, -0.25) is 0 Å². The molecule has 0 radical (unpaired) electrons. The zero-order valence-corrected chi connectivity index (χ0v) is 9.90. The first-order valence-electron chi connectivity index (χ1n) is 5.75. The van der Waals surface area contributed by atoms with Gasteiger partial charge in [0.2, 0.25) is 0 Å². The molecule has 2 N–H and O–H groups in total. The van der Waals surface area contributed by atoms with E-state index in [0.717, 1.165) is 18.6 Å². The summed E-state index contributed by atoms with van der Waals surface area (Å²) >= 11 is 0. The zero-order valence-electron chi connectivity index (χ0n) is 9.90. The highest BCUT2D eigenvalue weighted by atomic mass is 16.6. The van der Waals surface area contributed by atoms with Gasteiger partial charge in [0.15, 0.2) is 0 Å². The molecule has 0 bridgehead atoms. The summed E-state index contributed by atoms with van der Waals surface area (Å²) in [6, 6.07) is 8.27. The number of ether oxygens (including phenoxy) is 1. The lowest BCUT2D eigenvalue weighted by molar-refractivity contribution is 0.116. The fourth-order valence-corrected chi connectivity index (χ4v) is 1.99. The number of benzene rings is 1.